The second-order valence-electron chi connectivity index (χ2n) is 4.32. The Morgan fingerprint density at radius 2 is 2.33 bits per heavy atom. The Kier molecular flexibility index (Phi) is 3.62. The minimum Gasteiger partial charge on any atom is -0.372 e. The molecule has 1 unspecified atom stereocenters. The van der Waals surface area contributed by atoms with E-state index in [9.17, 15) is 9.90 Å². The lowest BCUT2D eigenvalue weighted by atomic mass is 10.2. The number of pyridine rings is 2. The largest absolute Gasteiger partial charge is 0.372 e. The fraction of sp³-hybridized carbons (Fsp3) is 0.385. The molecule has 18 heavy (non-hydrogen) atoms. The van der Waals surface area contributed by atoms with Gasteiger partial charge in [0.15, 0.2) is 5.65 Å². The van der Waals surface area contributed by atoms with E-state index in [1.807, 2.05) is 19.1 Å². The predicted molar refractivity (Wildman–Crippen MR) is 71.0 cm³/mol. The van der Waals surface area contributed by atoms with Crippen LogP contribution >= 0.6 is 0 Å². The first kappa shape index (κ1) is 12.6. The van der Waals surface area contributed by atoms with E-state index in [2.05, 4.69) is 10.4 Å². The average Bonchev–Trinajstić information content (AvgIpc) is 2.35. The number of rotatable bonds is 4. The molecule has 0 spiro atoms. The third kappa shape index (κ3) is 2.36. The number of hydrogen-bond acceptors (Lipinski definition) is 4. The van der Waals surface area contributed by atoms with E-state index in [-0.39, 0.29) is 5.56 Å². The number of nitrogens with one attached hydrogen (secondary N) is 1. The van der Waals surface area contributed by atoms with Crippen LogP contribution in [-0.4, -0.2) is 21.0 Å². The van der Waals surface area contributed by atoms with Crippen LogP contribution in [0.15, 0.2) is 29.2 Å². The summed E-state index contributed by atoms with van der Waals surface area (Å²) in [6.45, 7) is 3.72. The third-order valence-corrected chi connectivity index (χ3v) is 2.78. The highest BCUT2D eigenvalue weighted by Crippen LogP contribution is 2.09. The highest BCUT2D eigenvalue weighted by molar-refractivity contribution is 5.75. The summed E-state index contributed by atoms with van der Waals surface area (Å²) in [7, 11) is 0. The van der Waals surface area contributed by atoms with Crippen molar-refractivity contribution in [1.29, 1.82) is 0 Å². The Morgan fingerprint density at radius 1 is 1.56 bits per heavy atom. The van der Waals surface area contributed by atoms with Crippen molar-refractivity contribution in [2.45, 2.75) is 32.9 Å². The Hall–Kier alpha value is -1.88. The molecular formula is C13H17N3O2. The van der Waals surface area contributed by atoms with Gasteiger partial charge in [-0.15, -0.1) is 0 Å². The van der Waals surface area contributed by atoms with Gasteiger partial charge in [-0.1, -0.05) is 13.3 Å². The first-order valence-electron chi connectivity index (χ1n) is 6.05. The van der Waals surface area contributed by atoms with Crippen molar-refractivity contribution in [3.05, 3.63) is 40.3 Å². The summed E-state index contributed by atoms with van der Waals surface area (Å²) in [5, 5.41) is 10.6. The number of aliphatic hydroxyl groups excluding tert-OH is 1. The number of aromatic nitrogens is 2. The molecule has 2 N–H and O–H groups in total. The van der Waals surface area contributed by atoms with Crippen molar-refractivity contribution < 1.29 is 5.11 Å². The van der Waals surface area contributed by atoms with Crippen molar-refractivity contribution in [3.63, 3.8) is 0 Å². The van der Waals surface area contributed by atoms with Crippen LogP contribution in [0, 0.1) is 6.92 Å². The van der Waals surface area contributed by atoms with Crippen molar-refractivity contribution in [2.75, 3.05) is 5.43 Å². The van der Waals surface area contributed by atoms with Gasteiger partial charge in [0.2, 0.25) is 0 Å². The average molecular weight is 247 g/mol. The van der Waals surface area contributed by atoms with E-state index in [0.717, 1.165) is 11.8 Å². The normalized spacial score (nSPS) is 12.6. The summed E-state index contributed by atoms with van der Waals surface area (Å²) in [4.78, 5) is 16.3. The van der Waals surface area contributed by atoms with Crippen molar-refractivity contribution in [3.8, 4) is 0 Å². The second kappa shape index (κ2) is 5.18. The van der Waals surface area contributed by atoms with Crippen LogP contribution in [0.3, 0.4) is 0 Å². The molecule has 0 saturated carbocycles. The highest BCUT2D eigenvalue weighted by Gasteiger charge is 2.10. The van der Waals surface area contributed by atoms with E-state index in [0.29, 0.717) is 17.6 Å². The van der Waals surface area contributed by atoms with Gasteiger partial charge >= 0.3 is 0 Å². The molecule has 5 nitrogen and oxygen atoms in total. The molecule has 2 rings (SSSR count). The number of fused-ring (bicyclic) bond motifs is 1. The molecule has 0 fully saturated rings. The van der Waals surface area contributed by atoms with E-state index < -0.39 is 6.23 Å². The molecular weight excluding hydrogens is 230 g/mol. The fourth-order valence-corrected chi connectivity index (χ4v) is 1.88. The third-order valence-electron chi connectivity index (χ3n) is 2.78. The Balaban J connectivity index is 2.53. The van der Waals surface area contributed by atoms with Gasteiger partial charge in [0.1, 0.15) is 6.23 Å². The maximum absolute atomic E-state index is 12.1. The summed E-state index contributed by atoms with van der Waals surface area (Å²) in [6.07, 6.45) is 2.29. The minimum absolute atomic E-state index is 0.184. The molecule has 0 aliphatic heterocycles. The van der Waals surface area contributed by atoms with Gasteiger partial charge in [-0.25, -0.2) is 9.66 Å². The summed E-state index contributed by atoms with van der Waals surface area (Å²) in [5.74, 6) is 0. The van der Waals surface area contributed by atoms with Crippen LogP contribution in [-0.2, 0) is 0 Å². The quantitative estimate of drug-likeness (QED) is 0.801. The lowest BCUT2D eigenvalue weighted by Crippen LogP contribution is -2.37. The molecule has 2 heterocycles. The van der Waals surface area contributed by atoms with Crippen molar-refractivity contribution in [2.24, 2.45) is 0 Å². The zero-order valence-electron chi connectivity index (χ0n) is 10.6. The number of aliphatic hydroxyl groups is 1. The van der Waals surface area contributed by atoms with Crippen LogP contribution in [0.5, 0.6) is 0 Å². The van der Waals surface area contributed by atoms with Crippen molar-refractivity contribution in [1.82, 2.24) is 9.66 Å². The molecule has 0 bridgehead atoms. The van der Waals surface area contributed by atoms with Crippen LogP contribution in [0.1, 0.15) is 25.3 Å². The van der Waals surface area contributed by atoms with E-state index in [1.165, 1.54) is 4.68 Å². The minimum atomic E-state index is -0.750. The molecule has 96 valence electrons. The first-order chi connectivity index (χ1) is 8.63. The Morgan fingerprint density at radius 3 is 3.06 bits per heavy atom. The molecule has 1 atom stereocenters. The second-order valence-corrected chi connectivity index (χ2v) is 4.32. The predicted octanol–water partition coefficient (Wildman–Crippen LogP) is 1.37. The standard InChI is InChI=1S/C13H17N3O2/c1-3-5-11(17)15-16-12-10(6-4-7-14-12)8-9(2)13(16)18/h4,6-8,11,15,17H,3,5H2,1-2H3. The molecule has 5 heteroatoms. The fourth-order valence-electron chi connectivity index (χ4n) is 1.88. The maximum atomic E-state index is 12.1. The van der Waals surface area contributed by atoms with Gasteiger partial charge in [-0.05, 0) is 31.5 Å². The molecule has 0 radical (unpaired) electrons. The van der Waals surface area contributed by atoms with Crippen LogP contribution < -0.4 is 11.0 Å². The van der Waals surface area contributed by atoms with Gasteiger partial charge < -0.3 is 5.11 Å². The zero-order valence-corrected chi connectivity index (χ0v) is 10.6. The number of hydrogen-bond donors (Lipinski definition) is 2. The molecule has 0 aliphatic rings. The molecule has 0 saturated heterocycles. The Bertz CT molecular complexity index is 607. The van der Waals surface area contributed by atoms with Crippen molar-refractivity contribution >= 4 is 11.0 Å². The van der Waals surface area contributed by atoms with Crippen LogP contribution in [0.25, 0.3) is 11.0 Å². The molecule has 2 aromatic rings. The lowest BCUT2D eigenvalue weighted by Gasteiger charge is -2.17. The number of nitrogens with zero attached hydrogens (tertiary/aromatic N) is 2. The van der Waals surface area contributed by atoms with Crippen LogP contribution in [0.2, 0.25) is 0 Å². The lowest BCUT2D eigenvalue weighted by molar-refractivity contribution is 0.177. The van der Waals surface area contributed by atoms with Crippen LogP contribution in [0.4, 0.5) is 0 Å². The van der Waals surface area contributed by atoms with E-state index in [4.69, 9.17) is 0 Å². The summed E-state index contributed by atoms with van der Waals surface area (Å²) in [6, 6.07) is 5.51. The molecule has 0 amide bonds. The summed E-state index contributed by atoms with van der Waals surface area (Å²) < 4.78 is 1.32. The zero-order chi connectivity index (χ0) is 13.1. The summed E-state index contributed by atoms with van der Waals surface area (Å²) in [5.41, 5.74) is 3.76. The van der Waals surface area contributed by atoms with Gasteiger partial charge in [0, 0.05) is 17.1 Å². The molecule has 2 aromatic heterocycles. The monoisotopic (exact) mass is 247 g/mol. The van der Waals surface area contributed by atoms with Gasteiger partial charge in [-0.2, -0.15) is 0 Å². The Labute approximate surface area is 105 Å². The molecule has 0 aliphatic carbocycles. The SMILES string of the molecule is CCCC(O)Nn1c(=O)c(C)cc2cccnc21. The van der Waals surface area contributed by atoms with E-state index in [1.54, 1.807) is 19.2 Å². The highest BCUT2D eigenvalue weighted by atomic mass is 16.3. The first-order valence-corrected chi connectivity index (χ1v) is 6.05. The maximum Gasteiger partial charge on any atom is 0.273 e. The van der Waals surface area contributed by atoms with Gasteiger partial charge in [-0.3, -0.25) is 10.2 Å². The molecule has 0 aromatic carbocycles. The smallest absolute Gasteiger partial charge is 0.273 e. The van der Waals surface area contributed by atoms with Gasteiger partial charge in [0.05, 0.1) is 0 Å². The number of aryl methyl sites for hydroxylation is 1. The van der Waals surface area contributed by atoms with Gasteiger partial charge in [0.25, 0.3) is 5.56 Å². The summed E-state index contributed by atoms with van der Waals surface area (Å²) >= 11 is 0. The van der Waals surface area contributed by atoms with E-state index >= 15 is 0 Å². The topological polar surface area (TPSA) is 67.2 Å².